The van der Waals surface area contributed by atoms with Gasteiger partial charge in [0, 0.05) is 0 Å². The molecule has 0 fully saturated rings. The van der Waals surface area contributed by atoms with Gasteiger partial charge in [-0.2, -0.15) is 0 Å². The molecule has 0 radical (unpaired) electrons. The van der Waals surface area contributed by atoms with Crippen LogP contribution >= 0.6 is 11.6 Å². The Morgan fingerprint density at radius 3 is 1.87 bits per heavy atom. The van der Waals surface area contributed by atoms with E-state index in [4.69, 9.17) is 21.8 Å². The first-order valence-electron chi connectivity index (χ1n) is 4.04. The molecule has 0 aliphatic rings. The molecule has 0 rings (SSSR count). The molecule has 2 N–H and O–H groups in total. The summed E-state index contributed by atoms with van der Waals surface area (Å²) in [7, 11) is 0. The number of rotatable bonds is 5. The van der Waals surface area contributed by atoms with Crippen LogP contribution in [0.15, 0.2) is 72.2 Å². The molecule has 0 amide bonds. The molecule has 0 heterocycles. The summed E-state index contributed by atoms with van der Waals surface area (Å²) in [6, 6.07) is 0. The van der Waals surface area contributed by atoms with E-state index in [0.717, 1.165) is 0 Å². The average Bonchev–Trinajstić information content (AvgIpc) is 2.13. The highest BCUT2D eigenvalue weighted by molar-refractivity contribution is 6.31. The minimum absolute atomic E-state index is 0.0782. The van der Waals surface area contributed by atoms with Crippen molar-refractivity contribution in [1.82, 2.24) is 0 Å². The van der Waals surface area contributed by atoms with Crippen LogP contribution in [0.2, 0.25) is 0 Å². The largest absolute Gasteiger partial charge is 0.509 e. The lowest BCUT2D eigenvalue weighted by molar-refractivity contribution is 0.432. The minimum atomic E-state index is -0.235. The molecule has 80 valence electrons. The SMILES string of the molecule is C=C(O)/C=C\C(=C)C(=C)/C=C(/Cl)C(=C)O. The van der Waals surface area contributed by atoms with Crippen LogP contribution in [0.1, 0.15) is 0 Å². The van der Waals surface area contributed by atoms with Gasteiger partial charge in [0.2, 0.25) is 0 Å². The van der Waals surface area contributed by atoms with Gasteiger partial charge in [0.05, 0.1) is 5.03 Å². The Morgan fingerprint density at radius 1 is 0.933 bits per heavy atom. The monoisotopic (exact) mass is 224 g/mol. The second-order valence-corrected chi connectivity index (χ2v) is 3.22. The molecule has 0 unspecified atom stereocenters. The van der Waals surface area contributed by atoms with Gasteiger partial charge in [-0.25, -0.2) is 0 Å². The van der Waals surface area contributed by atoms with Crippen LogP contribution in [-0.4, -0.2) is 10.2 Å². The normalized spacial score (nSPS) is 11.4. The first-order valence-corrected chi connectivity index (χ1v) is 4.42. The Kier molecular flexibility index (Phi) is 5.27. The molecule has 15 heavy (non-hydrogen) atoms. The number of aliphatic hydroxyl groups is 2. The number of hydrogen-bond acceptors (Lipinski definition) is 2. The lowest BCUT2D eigenvalue weighted by Gasteiger charge is -2.00. The van der Waals surface area contributed by atoms with E-state index in [0.29, 0.717) is 11.1 Å². The summed E-state index contributed by atoms with van der Waals surface area (Å²) in [4.78, 5) is 0. The van der Waals surface area contributed by atoms with Crippen molar-refractivity contribution in [2.45, 2.75) is 0 Å². The Morgan fingerprint density at radius 2 is 1.47 bits per heavy atom. The Hall–Kier alpha value is -1.67. The first-order chi connectivity index (χ1) is 6.84. The van der Waals surface area contributed by atoms with E-state index in [1.807, 2.05) is 0 Å². The Balaban J connectivity index is 4.61. The van der Waals surface area contributed by atoms with Gasteiger partial charge in [-0.05, 0) is 23.3 Å². The van der Waals surface area contributed by atoms with Crippen LogP contribution in [-0.2, 0) is 0 Å². The van der Waals surface area contributed by atoms with Crippen LogP contribution in [0, 0.1) is 0 Å². The molecule has 0 saturated carbocycles. The third-order valence-corrected chi connectivity index (χ3v) is 1.79. The molecule has 0 aliphatic heterocycles. The van der Waals surface area contributed by atoms with Crippen LogP contribution in [0.3, 0.4) is 0 Å². The fourth-order valence-electron chi connectivity index (χ4n) is 0.633. The topological polar surface area (TPSA) is 40.5 Å². The first kappa shape index (κ1) is 13.3. The summed E-state index contributed by atoms with van der Waals surface area (Å²) in [5, 5.41) is 17.8. The van der Waals surface area contributed by atoms with E-state index in [1.54, 1.807) is 0 Å². The van der Waals surface area contributed by atoms with E-state index in [9.17, 15) is 0 Å². The molecule has 0 atom stereocenters. The second kappa shape index (κ2) is 5.94. The van der Waals surface area contributed by atoms with E-state index in [-0.39, 0.29) is 16.6 Å². The summed E-state index contributed by atoms with van der Waals surface area (Å²) in [6.07, 6.45) is 4.34. The standard InChI is InChI=1S/C12H13ClO2/c1-8(5-6-10(3)14)9(2)7-12(13)11(4)15/h5-7,14-15H,1-4H2/b6-5-,12-7+. The van der Waals surface area contributed by atoms with Gasteiger partial charge in [-0.1, -0.05) is 44.0 Å². The van der Waals surface area contributed by atoms with Crippen molar-refractivity contribution in [1.29, 1.82) is 0 Å². The molecule has 0 aromatic heterocycles. The molecule has 2 nitrogen and oxygen atoms in total. The summed E-state index contributed by atoms with van der Waals surface area (Å²) in [5.74, 6) is -0.313. The summed E-state index contributed by atoms with van der Waals surface area (Å²) in [5.41, 5.74) is 1.05. The fraction of sp³-hybridized carbons (Fsp3) is 0. The van der Waals surface area contributed by atoms with Crippen LogP contribution < -0.4 is 0 Å². The van der Waals surface area contributed by atoms with Crippen molar-refractivity contribution >= 4 is 11.6 Å². The van der Waals surface area contributed by atoms with Gasteiger partial charge in [-0.15, -0.1) is 0 Å². The van der Waals surface area contributed by atoms with Crippen LogP contribution in [0.5, 0.6) is 0 Å². The predicted molar refractivity (Wildman–Crippen MR) is 64.9 cm³/mol. The molecule has 0 saturated heterocycles. The van der Waals surface area contributed by atoms with E-state index < -0.39 is 0 Å². The van der Waals surface area contributed by atoms with Crippen LogP contribution in [0.25, 0.3) is 0 Å². The van der Waals surface area contributed by atoms with Crippen molar-refractivity contribution in [2.24, 2.45) is 0 Å². The molecule has 3 heteroatoms. The molecule has 0 aromatic carbocycles. The quantitative estimate of drug-likeness (QED) is 0.549. The fourth-order valence-corrected chi connectivity index (χ4v) is 0.765. The van der Waals surface area contributed by atoms with E-state index >= 15 is 0 Å². The van der Waals surface area contributed by atoms with Gasteiger partial charge in [-0.3, -0.25) is 0 Å². The molecule has 0 aromatic rings. The lowest BCUT2D eigenvalue weighted by atomic mass is 10.1. The van der Waals surface area contributed by atoms with Gasteiger partial charge in [0.15, 0.2) is 0 Å². The highest BCUT2D eigenvalue weighted by Gasteiger charge is 1.98. The van der Waals surface area contributed by atoms with Crippen molar-refractivity contribution in [3.63, 3.8) is 0 Å². The third kappa shape index (κ3) is 5.60. The number of aliphatic hydroxyl groups excluding tert-OH is 2. The molecule has 0 spiro atoms. The predicted octanol–water partition coefficient (Wildman–Crippen LogP) is 3.92. The van der Waals surface area contributed by atoms with E-state index in [2.05, 4.69) is 26.3 Å². The lowest BCUT2D eigenvalue weighted by Crippen LogP contribution is -1.83. The van der Waals surface area contributed by atoms with Gasteiger partial charge < -0.3 is 10.2 Å². The zero-order chi connectivity index (χ0) is 12.0. The van der Waals surface area contributed by atoms with Gasteiger partial charge in [0.1, 0.15) is 11.5 Å². The number of allylic oxidation sites excluding steroid dienone is 6. The van der Waals surface area contributed by atoms with E-state index in [1.165, 1.54) is 18.2 Å². The van der Waals surface area contributed by atoms with Crippen molar-refractivity contribution in [3.8, 4) is 0 Å². The zero-order valence-electron chi connectivity index (χ0n) is 8.33. The molecule has 0 bridgehead atoms. The summed E-state index contributed by atoms with van der Waals surface area (Å²) < 4.78 is 0. The van der Waals surface area contributed by atoms with Crippen molar-refractivity contribution in [2.75, 3.05) is 0 Å². The highest BCUT2D eigenvalue weighted by atomic mass is 35.5. The maximum Gasteiger partial charge on any atom is 0.127 e. The van der Waals surface area contributed by atoms with Gasteiger partial charge >= 0.3 is 0 Å². The molecule has 0 aliphatic carbocycles. The summed E-state index contributed by atoms with van der Waals surface area (Å²) >= 11 is 5.64. The zero-order valence-corrected chi connectivity index (χ0v) is 9.09. The maximum atomic E-state index is 8.93. The Bertz CT molecular complexity index is 373. The van der Waals surface area contributed by atoms with Crippen molar-refractivity contribution < 1.29 is 10.2 Å². The number of halogens is 1. The molecular weight excluding hydrogens is 212 g/mol. The highest BCUT2D eigenvalue weighted by Crippen LogP contribution is 2.17. The van der Waals surface area contributed by atoms with Gasteiger partial charge in [0.25, 0.3) is 0 Å². The Labute approximate surface area is 94.5 Å². The maximum absolute atomic E-state index is 8.93. The molecular formula is C12H13ClO2. The van der Waals surface area contributed by atoms with Crippen LogP contribution in [0.4, 0.5) is 0 Å². The second-order valence-electron chi connectivity index (χ2n) is 2.81. The third-order valence-electron chi connectivity index (χ3n) is 1.47. The van der Waals surface area contributed by atoms with Crippen molar-refractivity contribution in [3.05, 3.63) is 72.2 Å². The minimum Gasteiger partial charge on any atom is -0.509 e. The number of hydrogen-bond donors (Lipinski definition) is 2. The average molecular weight is 225 g/mol. The smallest absolute Gasteiger partial charge is 0.127 e. The summed E-state index contributed by atoms with van der Waals surface area (Å²) in [6.45, 7) is 13.9.